The van der Waals surface area contributed by atoms with Crippen molar-refractivity contribution in [3.05, 3.63) is 30.1 Å². The van der Waals surface area contributed by atoms with E-state index >= 15 is 0 Å². The van der Waals surface area contributed by atoms with E-state index in [1.54, 1.807) is 19.4 Å². The molecule has 0 spiro atoms. The predicted molar refractivity (Wildman–Crippen MR) is 68.4 cm³/mol. The molecule has 0 bridgehead atoms. The Hall–Kier alpha value is -2.11. The molecule has 0 saturated heterocycles. The van der Waals surface area contributed by atoms with E-state index in [0.717, 1.165) is 18.4 Å². The minimum atomic E-state index is -0.965. The van der Waals surface area contributed by atoms with Crippen LogP contribution in [0.15, 0.2) is 24.5 Å². The number of hydrogen-bond acceptors (Lipinski definition) is 3. The lowest BCUT2D eigenvalue weighted by atomic mass is 10.2. The van der Waals surface area contributed by atoms with Crippen molar-refractivity contribution in [2.75, 3.05) is 7.05 Å². The second kappa shape index (κ2) is 5.69. The Balaban J connectivity index is 1.90. The van der Waals surface area contributed by atoms with Crippen molar-refractivity contribution < 1.29 is 14.7 Å². The summed E-state index contributed by atoms with van der Waals surface area (Å²) in [5, 5.41) is 11.6. The lowest BCUT2D eigenvalue weighted by Gasteiger charge is -2.21. The SMILES string of the molecule is CN(Cc1ccncc1)C(=O)NC(C(=O)O)C1CC1. The Morgan fingerprint density at radius 2 is 2.11 bits per heavy atom. The van der Waals surface area contributed by atoms with Crippen molar-refractivity contribution in [1.29, 1.82) is 0 Å². The first-order chi connectivity index (χ1) is 9.08. The fourth-order valence-corrected chi connectivity index (χ4v) is 1.89. The number of amides is 2. The normalized spacial score (nSPS) is 15.6. The van der Waals surface area contributed by atoms with Crippen LogP contribution in [0.5, 0.6) is 0 Å². The van der Waals surface area contributed by atoms with Crippen molar-refractivity contribution >= 4 is 12.0 Å². The maximum atomic E-state index is 11.9. The van der Waals surface area contributed by atoms with E-state index in [2.05, 4.69) is 10.3 Å². The minimum absolute atomic E-state index is 0.0794. The number of pyridine rings is 1. The van der Waals surface area contributed by atoms with Crippen LogP contribution in [0.3, 0.4) is 0 Å². The van der Waals surface area contributed by atoms with Crippen LogP contribution in [0.4, 0.5) is 4.79 Å². The predicted octanol–water partition coefficient (Wildman–Crippen LogP) is 1.09. The minimum Gasteiger partial charge on any atom is -0.480 e. The Bertz CT molecular complexity index is 459. The molecule has 0 aliphatic heterocycles. The third kappa shape index (κ3) is 3.67. The highest BCUT2D eigenvalue weighted by Crippen LogP contribution is 2.32. The maximum absolute atomic E-state index is 11.9. The zero-order valence-corrected chi connectivity index (χ0v) is 10.7. The molecule has 102 valence electrons. The van der Waals surface area contributed by atoms with E-state index in [4.69, 9.17) is 5.11 Å². The first-order valence-electron chi connectivity index (χ1n) is 6.21. The third-order valence-corrected chi connectivity index (χ3v) is 3.15. The highest BCUT2D eigenvalue weighted by atomic mass is 16.4. The summed E-state index contributed by atoms with van der Waals surface area (Å²) in [4.78, 5) is 28.4. The summed E-state index contributed by atoms with van der Waals surface area (Å²) in [7, 11) is 1.64. The number of rotatable bonds is 5. The molecular formula is C13H17N3O3. The number of aromatic nitrogens is 1. The molecule has 1 aromatic heterocycles. The molecule has 1 saturated carbocycles. The van der Waals surface area contributed by atoms with Gasteiger partial charge in [-0.2, -0.15) is 0 Å². The van der Waals surface area contributed by atoms with Gasteiger partial charge in [0.1, 0.15) is 6.04 Å². The van der Waals surface area contributed by atoms with Gasteiger partial charge in [-0.05, 0) is 36.5 Å². The van der Waals surface area contributed by atoms with E-state index < -0.39 is 12.0 Å². The van der Waals surface area contributed by atoms with Gasteiger partial charge in [-0.1, -0.05) is 0 Å². The van der Waals surface area contributed by atoms with E-state index in [9.17, 15) is 9.59 Å². The number of carboxylic acid groups (broad SMARTS) is 1. The van der Waals surface area contributed by atoms with Crippen molar-refractivity contribution in [3.63, 3.8) is 0 Å². The van der Waals surface area contributed by atoms with Gasteiger partial charge < -0.3 is 15.3 Å². The summed E-state index contributed by atoms with van der Waals surface area (Å²) in [6, 6.07) is 2.50. The summed E-state index contributed by atoms with van der Waals surface area (Å²) in [5.74, 6) is -0.885. The smallest absolute Gasteiger partial charge is 0.326 e. The molecule has 0 radical (unpaired) electrons. The lowest BCUT2D eigenvalue weighted by Crippen LogP contribution is -2.47. The molecule has 2 rings (SSSR count). The Morgan fingerprint density at radius 1 is 1.47 bits per heavy atom. The standard InChI is InChI=1S/C13H17N3O3/c1-16(8-9-4-6-14-7-5-9)13(19)15-11(12(17)18)10-2-3-10/h4-7,10-11H,2-3,8H2,1H3,(H,15,19)(H,17,18). The first-order valence-corrected chi connectivity index (χ1v) is 6.21. The van der Waals surface area contributed by atoms with Gasteiger partial charge in [0.15, 0.2) is 0 Å². The van der Waals surface area contributed by atoms with Crippen LogP contribution in [0.1, 0.15) is 18.4 Å². The number of carboxylic acids is 1. The number of carbonyl (C=O) groups is 2. The van der Waals surface area contributed by atoms with Crippen LogP contribution >= 0.6 is 0 Å². The lowest BCUT2D eigenvalue weighted by molar-refractivity contribution is -0.139. The molecule has 1 heterocycles. The number of hydrogen-bond donors (Lipinski definition) is 2. The molecule has 2 N–H and O–H groups in total. The molecule has 1 aliphatic rings. The number of nitrogens with zero attached hydrogens (tertiary/aromatic N) is 2. The largest absolute Gasteiger partial charge is 0.480 e. The van der Waals surface area contributed by atoms with Crippen LogP contribution < -0.4 is 5.32 Å². The Morgan fingerprint density at radius 3 is 2.63 bits per heavy atom. The van der Waals surface area contributed by atoms with E-state index in [-0.39, 0.29) is 11.9 Å². The highest BCUT2D eigenvalue weighted by molar-refractivity contribution is 5.83. The molecule has 6 heteroatoms. The number of aliphatic carboxylic acids is 1. The number of urea groups is 1. The topological polar surface area (TPSA) is 82.5 Å². The first kappa shape index (κ1) is 13.3. The van der Waals surface area contributed by atoms with Crippen LogP contribution in [0.25, 0.3) is 0 Å². The Kier molecular flexibility index (Phi) is 3.99. The van der Waals surface area contributed by atoms with Gasteiger partial charge >= 0.3 is 12.0 Å². The molecule has 2 amide bonds. The van der Waals surface area contributed by atoms with Crippen LogP contribution in [0.2, 0.25) is 0 Å². The Labute approximate surface area is 111 Å². The van der Waals surface area contributed by atoms with Crippen LogP contribution in [-0.2, 0) is 11.3 Å². The highest BCUT2D eigenvalue weighted by Gasteiger charge is 2.37. The van der Waals surface area contributed by atoms with Crippen LogP contribution in [-0.4, -0.2) is 40.1 Å². The molecule has 1 aliphatic carbocycles. The van der Waals surface area contributed by atoms with Gasteiger partial charge in [0.25, 0.3) is 0 Å². The van der Waals surface area contributed by atoms with Crippen molar-refractivity contribution in [2.45, 2.75) is 25.4 Å². The number of nitrogens with one attached hydrogen (secondary N) is 1. The van der Waals surface area contributed by atoms with Gasteiger partial charge in [-0.15, -0.1) is 0 Å². The third-order valence-electron chi connectivity index (χ3n) is 3.15. The fourth-order valence-electron chi connectivity index (χ4n) is 1.89. The maximum Gasteiger partial charge on any atom is 0.326 e. The molecule has 1 aromatic rings. The van der Waals surface area contributed by atoms with Gasteiger partial charge in [-0.25, -0.2) is 9.59 Å². The fraction of sp³-hybridized carbons (Fsp3) is 0.462. The number of carbonyl (C=O) groups excluding carboxylic acids is 1. The molecule has 1 unspecified atom stereocenters. The van der Waals surface area contributed by atoms with Gasteiger partial charge in [-0.3, -0.25) is 4.98 Å². The second-order valence-electron chi connectivity index (χ2n) is 4.81. The molecule has 19 heavy (non-hydrogen) atoms. The van der Waals surface area contributed by atoms with Crippen molar-refractivity contribution in [2.24, 2.45) is 5.92 Å². The average Bonchev–Trinajstić information content (AvgIpc) is 3.20. The van der Waals surface area contributed by atoms with Gasteiger partial charge in [0, 0.05) is 26.0 Å². The molecular weight excluding hydrogens is 246 g/mol. The summed E-state index contributed by atoms with van der Waals surface area (Å²) >= 11 is 0. The van der Waals surface area contributed by atoms with E-state index in [0.29, 0.717) is 6.54 Å². The van der Waals surface area contributed by atoms with Gasteiger partial charge in [0.05, 0.1) is 0 Å². The zero-order valence-electron chi connectivity index (χ0n) is 10.7. The van der Waals surface area contributed by atoms with Crippen LogP contribution in [0, 0.1) is 5.92 Å². The summed E-state index contributed by atoms with van der Waals surface area (Å²) in [6.45, 7) is 0.422. The van der Waals surface area contributed by atoms with Gasteiger partial charge in [0.2, 0.25) is 0 Å². The molecule has 1 fully saturated rings. The molecule has 1 atom stereocenters. The van der Waals surface area contributed by atoms with Crippen molar-refractivity contribution in [1.82, 2.24) is 15.2 Å². The van der Waals surface area contributed by atoms with E-state index in [1.165, 1.54) is 4.90 Å². The summed E-state index contributed by atoms with van der Waals surface area (Å²) < 4.78 is 0. The average molecular weight is 263 g/mol. The van der Waals surface area contributed by atoms with Crippen molar-refractivity contribution in [3.8, 4) is 0 Å². The second-order valence-corrected chi connectivity index (χ2v) is 4.81. The molecule has 6 nitrogen and oxygen atoms in total. The monoisotopic (exact) mass is 263 g/mol. The summed E-state index contributed by atoms with van der Waals surface area (Å²) in [5.41, 5.74) is 0.950. The zero-order chi connectivity index (χ0) is 13.8. The quantitative estimate of drug-likeness (QED) is 0.833. The molecule has 0 aromatic carbocycles. The summed E-state index contributed by atoms with van der Waals surface area (Å²) in [6.07, 6.45) is 5.05. The van der Waals surface area contributed by atoms with E-state index in [1.807, 2.05) is 12.1 Å².